The normalized spacial score (nSPS) is 10.8. The number of hydrogen-bond acceptors (Lipinski definition) is 3. The molecule has 156 valence electrons. The summed E-state index contributed by atoms with van der Waals surface area (Å²) in [7, 11) is 0. The van der Waals surface area contributed by atoms with Crippen molar-refractivity contribution >= 4 is 39.1 Å². The van der Waals surface area contributed by atoms with Gasteiger partial charge in [-0.25, -0.2) is 9.67 Å². The van der Waals surface area contributed by atoms with Gasteiger partial charge in [-0.05, 0) is 60.9 Å². The number of nitrogens with zero attached hydrogens (tertiary/aromatic N) is 3. The fourth-order valence-corrected chi connectivity index (χ4v) is 3.54. The lowest BCUT2D eigenvalue weighted by Gasteiger charge is -2.07. The minimum atomic E-state index is -0.375. The molecular weight excluding hydrogens is 476 g/mol. The average Bonchev–Trinajstić information content (AvgIpc) is 3.22. The minimum Gasteiger partial charge on any atom is -0.319 e. The van der Waals surface area contributed by atoms with Gasteiger partial charge >= 0.3 is 0 Å². The highest BCUT2D eigenvalue weighted by molar-refractivity contribution is 9.10. The fraction of sp³-hybridized carbons (Fsp3) is 0.125. The summed E-state index contributed by atoms with van der Waals surface area (Å²) in [4.78, 5) is 17.4. The summed E-state index contributed by atoms with van der Waals surface area (Å²) in [6.07, 6.45) is 0.940. The third-order valence-corrected chi connectivity index (χ3v) is 5.87. The van der Waals surface area contributed by atoms with Crippen molar-refractivity contribution in [1.82, 2.24) is 14.8 Å². The second-order valence-corrected chi connectivity index (χ2v) is 8.44. The quantitative estimate of drug-likeness (QED) is 0.345. The van der Waals surface area contributed by atoms with Gasteiger partial charge in [-0.15, -0.1) is 5.10 Å². The molecule has 0 saturated heterocycles. The first kappa shape index (κ1) is 21.3. The first-order valence-corrected chi connectivity index (χ1v) is 11.0. The molecular formula is C24H20BrClN4O. The van der Waals surface area contributed by atoms with Gasteiger partial charge in [0.2, 0.25) is 5.82 Å². The molecule has 4 rings (SSSR count). The van der Waals surface area contributed by atoms with E-state index in [2.05, 4.69) is 38.3 Å². The van der Waals surface area contributed by atoms with Gasteiger partial charge in [0.05, 0.1) is 5.69 Å². The summed E-state index contributed by atoms with van der Waals surface area (Å²) in [6.45, 7) is 4.02. The molecule has 1 amide bonds. The zero-order valence-corrected chi connectivity index (χ0v) is 19.4. The number of rotatable bonds is 5. The van der Waals surface area contributed by atoms with Gasteiger partial charge in [-0.3, -0.25) is 4.79 Å². The van der Waals surface area contributed by atoms with Crippen LogP contribution >= 0.6 is 27.5 Å². The van der Waals surface area contributed by atoms with E-state index >= 15 is 0 Å². The SMILES string of the molecule is CCc1ccc(NC(=O)c2nc(-c3ccc(Br)cc3)n(-c3ccc(C)c(Cl)c3)n2)cc1. The van der Waals surface area contributed by atoms with Crippen LogP contribution in [0.1, 0.15) is 28.7 Å². The van der Waals surface area contributed by atoms with Crippen molar-refractivity contribution in [1.29, 1.82) is 0 Å². The number of benzene rings is 3. The van der Waals surface area contributed by atoms with E-state index in [9.17, 15) is 4.79 Å². The van der Waals surface area contributed by atoms with Crippen LogP contribution in [0, 0.1) is 6.92 Å². The maximum atomic E-state index is 12.9. The van der Waals surface area contributed by atoms with Crippen LogP contribution in [0.25, 0.3) is 17.1 Å². The predicted octanol–water partition coefficient (Wildman–Crippen LogP) is 6.47. The summed E-state index contributed by atoms with van der Waals surface area (Å²) >= 11 is 9.79. The topological polar surface area (TPSA) is 59.8 Å². The van der Waals surface area contributed by atoms with Gasteiger partial charge < -0.3 is 5.32 Å². The highest BCUT2D eigenvalue weighted by Gasteiger charge is 2.19. The van der Waals surface area contributed by atoms with Crippen LogP contribution in [-0.4, -0.2) is 20.7 Å². The molecule has 7 heteroatoms. The zero-order chi connectivity index (χ0) is 22.0. The number of amides is 1. The van der Waals surface area contributed by atoms with E-state index in [1.165, 1.54) is 5.56 Å². The Morgan fingerprint density at radius 1 is 1.06 bits per heavy atom. The van der Waals surface area contributed by atoms with Crippen LogP contribution in [0.5, 0.6) is 0 Å². The van der Waals surface area contributed by atoms with Crippen molar-refractivity contribution in [3.63, 3.8) is 0 Å². The van der Waals surface area contributed by atoms with Crippen molar-refractivity contribution in [2.24, 2.45) is 0 Å². The zero-order valence-electron chi connectivity index (χ0n) is 17.1. The number of nitrogens with one attached hydrogen (secondary N) is 1. The van der Waals surface area contributed by atoms with E-state index in [-0.39, 0.29) is 11.7 Å². The van der Waals surface area contributed by atoms with E-state index in [4.69, 9.17) is 11.6 Å². The fourth-order valence-electron chi connectivity index (χ4n) is 3.10. The number of carbonyl (C=O) groups excluding carboxylic acids is 1. The van der Waals surface area contributed by atoms with Gasteiger partial charge in [0.15, 0.2) is 5.82 Å². The Labute approximate surface area is 194 Å². The van der Waals surface area contributed by atoms with Crippen molar-refractivity contribution in [2.75, 3.05) is 5.32 Å². The van der Waals surface area contributed by atoms with Crippen LogP contribution in [0.3, 0.4) is 0 Å². The molecule has 1 N–H and O–H groups in total. The number of aromatic nitrogens is 3. The van der Waals surface area contributed by atoms with Crippen LogP contribution < -0.4 is 5.32 Å². The third kappa shape index (κ3) is 4.70. The molecule has 0 saturated carbocycles. The molecule has 0 bridgehead atoms. The number of halogens is 2. The Hall–Kier alpha value is -2.96. The second-order valence-electron chi connectivity index (χ2n) is 7.12. The molecule has 0 atom stereocenters. The van der Waals surface area contributed by atoms with E-state index in [1.54, 1.807) is 4.68 Å². The Morgan fingerprint density at radius 2 is 1.77 bits per heavy atom. The molecule has 1 heterocycles. The number of hydrogen-bond donors (Lipinski definition) is 1. The van der Waals surface area contributed by atoms with Crippen molar-refractivity contribution in [3.8, 4) is 17.1 Å². The molecule has 5 nitrogen and oxygen atoms in total. The van der Waals surface area contributed by atoms with E-state index in [0.717, 1.165) is 27.7 Å². The maximum absolute atomic E-state index is 12.9. The smallest absolute Gasteiger partial charge is 0.295 e. The lowest BCUT2D eigenvalue weighted by atomic mass is 10.1. The molecule has 0 aliphatic carbocycles. The monoisotopic (exact) mass is 494 g/mol. The van der Waals surface area contributed by atoms with E-state index in [1.807, 2.05) is 73.7 Å². The van der Waals surface area contributed by atoms with Crippen LogP contribution in [0.2, 0.25) is 5.02 Å². The van der Waals surface area contributed by atoms with Gasteiger partial charge in [0, 0.05) is 20.7 Å². The largest absolute Gasteiger partial charge is 0.319 e. The number of carbonyl (C=O) groups is 1. The molecule has 3 aromatic carbocycles. The highest BCUT2D eigenvalue weighted by atomic mass is 79.9. The Morgan fingerprint density at radius 3 is 2.42 bits per heavy atom. The first-order valence-electron chi connectivity index (χ1n) is 9.84. The summed E-state index contributed by atoms with van der Waals surface area (Å²) in [5.74, 6) is 0.257. The number of aryl methyl sites for hydroxylation is 2. The van der Waals surface area contributed by atoms with Crippen molar-refractivity contribution in [3.05, 3.63) is 93.2 Å². The summed E-state index contributed by atoms with van der Waals surface area (Å²) < 4.78 is 2.60. The van der Waals surface area contributed by atoms with Crippen LogP contribution in [0.15, 0.2) is 71.2 Å². The van der Waals surface area contributed by atoms with Crippen LogP contribution in [-0.2, 0) is 6.42 Å². The molecule has 4 aromatic rings. The highest BCUT2D eigenvalue weighted by Crippen LogP contribution is 2.26. The molecule has 31 heavy (non-hydrogen) atoms. The Balaban J connectivity index is 1.73. The van der Waals surface area contributed by atoms with Gasteiger partial charge in [-0.1, -0.05) is 64.8 Å². The van der Waals surface area contributed by atoms with Gasteiger partial charge in [0.1, 0.15) is 0 Å². The molecule has 0 spiro atoms. The molecule has 0 unspecified atom stereocenters. The third-order valence-electron chi connectivity index (χ3n) is 4.93. The number of anilines is 1. The van der Waals surface area contributed by atoms with E-state index < -0.39 is 0 Å². The lowest BCUT2D eigenvalue weighted by molar-refractivity contribution is 0.101. The standard InChI is InChI=1S/C24H20BrClN4O/c1-3-16-5-11-19(12-6-16)27-24(31)22-28-23(17-7-9-18(25)10-8-17)30(29-22)20-13-4-15(2)21(26)14-20/h4-14H,3H2,1-2H3,(H,27,31). The van der Waals surface area contributed by atoms with Crippen molar-refractivity contribution in [2.45, 2.75) is 20.3 Å². The summed E-state index contributed by atoms with van der Waals surface area (Å²) in [5, 5.41) is 8.00. The van der Waals surface area contributed by atoms with Crippen LogP contribution in [0.4, 0.5) is 5.69 Å². The van der Waals surface area contributed by atoms with E-state index in [0.29, 0.717) is 16.5 Å². The van der Waals surface area contributed by atoms with Gasteiger partial charge in [-0.2, -0.15) is 0 Å². The molecule has 0 aliphatic rings. The second kappa shape index (κ2) is 9.04. The average molecular weight is 496 g/mol. The first-order chi connectivity index (χ1) is 14.9. The summed E-state index contributed by atoms with van der Waals surface area (Å²) in [6, 6.07) is 21.1. The molecule has 0 fully saturated rings. The maximum Gasteiger partial charge on any atom is 0.295 e. The molecule has 0 aliphatic heterocycles. The minimum absolute atomic E-state index is 0.0779. The summed E-state index contributed by atoms with van der Waals surface area (Å²) in [5.41, 5.74) is 4.42. The lowest BCUT2D eigenvalue weighted by Crippen LogP contribution is -2.14. The predicted molar refractivity (Wildman–Crippen MR) is 128 cm³/mol. The van der Waals surface area contributed by atoms with Crippen molar-refractivity contribution < 1.29 is 4.79 Å². The Kier molecular flexibility index (Phi) is 6.20. The van der Waals surface area contributed by atoms with Gasteiger partial charge in [0.25, 0.3) is 5.91 Å². The Bertz CT molecular complexity index is 1230. The molecule has 1 aromatic heterocycles. The molecule has 0 radical (unpaired) electrons.